The number of rotatable bonds is 0. The molecule has 0 aliphatic carbocycles. The van der Waals surface area contributed by atoms with Crippen LogP contribution in [-0.2, 0) is 7.05 Å². The van der Waals surface area contributed by atoms with Crippen molar-refractivity contribution >= 4 is 32.5 Å². The van der Waals surface area contributed by atoms with Crippen LogP contribution in [0.3, 0.4) is 0 Å². The van der Waals surface area contributed by atoms with Crippen molar-refractivity contribution < 1.29 is 0 Å². The SMILES string of the molecule is Cn1cc2c(Br)ccc(N)c2n1. The largest absolute Gasteiger partial charge is 0.397 e. The van der Waals surface area contributed by atoms with Gasteiger partial charge in [0.25, 0.3) is 0 Å². The normalized spacial score (nSPS) is 10.8. The lowest BCUT2D eigenvalue weighted by atomic mass is 10.2. The van der Waals surface area contributed by atoms with Crippen LogP contribution in [0.5, 0.6) is 0 Å². The zero-order valence-corrected chi connectivity index (χ0v) is 8.17. The third-order valence-corrected chi connectivity index (χ3v) is 2.46. The Morgan fingerprint density at radius 3 is 2.92 bits per heavy atom. The van der Waals surface area contributed by atoms with E-state index in [1.54, 1.807) is 4.68 Å². The molecule has 4 heteroatoms. The number of aryl methyl sites for hydroxylation is 1. The first kappa shape index (κ1) is 7.61. The molecule has 0 saturated carbocycles. The van der Waals surface area contributed by atoms with Crippen molar-refractivity contribution in [3.63, 3.8) is 0 Å². The molecule has 0 amide bonds. The van der Waals surface area contributed by atoms with Gasteiger partial charge in [0.05, 0.1) is 5.69 Å². The van der Waals surface area contributed by atoms with Crippen molar-refractivity contribution in [2.24, 2.45) is 7.05 Å². The van der Waals surface area contributed by atoms with Gasteiger partial charge in [0, 0.05) is 23.1 Å². The summed E-state index contributed by atoms with van der Waals surface area (Å²) in [7, 11) is 1.88. The van der Waals surface area contributed by atoms with Crippen LogP contribution in [0.4, 0.5) is 5.69 Å². The molecule has 0 aliphatic heterocycles. The van der Waals surface area contributed by atoms with Crippen LogP contribution < -0.4 is 5.73 Å². The van der Waals surface area contributed by atoms with Crippen LogP contribution in [0.1, 0.15) is 0 Å². The van der Waals surface area contributed by atoms with Gasteiger partial charge in [0.15, 0.2) is 0 Å². The number of hydrogen-bond donors (Lipinski definition) is 1. The quantitative estimate of drug-likeness (QED) is 0.697. The molecule has 1 aromatic carbocycles. The molecule has 1 heterocycles. The molecular weight excluding hydrogens is 218 g/mol. The van der Waals surface area contributed by atoms with E-state index in [0.29, 0.717) is 5.69 Å². The predicted molar refractivity (Wildman–Crippen MR) is 52.8 cm³/mol. The lowest BCUT2D eigenvalue weighted by Gasteiger charge is -1.94. The maximum absolute atomic E-state index is 5.74. The maximum atomic E-state index is 5.74. The first-order valence-electron chi connectivity index (χ1n) is 3.56. The second-order valence-electron chi connectivity index (χ2n) is 2.70. The molecule has 0 bridgehead atoms. The highest BCUT2D eigenvalue weighted by Crippen LogP contribution is 2.26. The number of nitrogens with two attached hydrogens (primary N) is 1. The standard InChI is InChI=1S/C8H8BrN3/c1-12-4-5-6(9)2-3-7(10)8(5)11-12/h2-4H,10H2,1H3. The van der Waals surface area contributed by atoms with Crippen LogP contribution in [-0.4, -0.2) is 9.78 Å². The van der Waals surface area contributed by atoms with Crippen molar-refractivity contribution in [3.05, 3.63) is 22.8 Å². The molecule has 0 saturated heterocycles. The summed E-state index contributed by atoms with van der Waals surface area (Å²) in [6, 6.07) is 3.78. The van der Waals surface area contributed by atoms with Gasteiger partial charge in [0.1, 0.15) is 5.52 Å². The number of aromatic nitrogens is 2. The fraction of sp³-hybridized carbons (Fsp3) is 0.125. The van der Waals surface area contributed by atoms with E-state index in [-0.39, 0.29) is 0 Å². The molecule has 0 unspecified atom stereocenters. The number of halogens is 1. The third-order valence-electron chi connectivity index (χ3n) is 1.77. The Morgan fingerprint density at radius 1 is 1.50 bits per heavy atom. The fourth-order valence-corrected chi connectivity index (χ4v) is 1.63. The molecule has 2 rings (SSSR count). The minimum Gasteiger partial charge on any atom is -0.397 e. The molecule has 0 radical (unpaired) electrons. The van der Waals surface area contributed by atoms with E-state index in [4.69, 9.17) is 5.73 Å². The molecule has 0 atom stereocenters. The van der Waals surface area contributed by atoms with Crippen LogP contribution in [0.2, 0.25) is 0 Å². The van der Waals surface area contributed by atoms with Crippen molar-refractivity contribution in [2.75, 3.05) is 5.73 Å². The van der Waals surface area contributed by atoms with E-state index in [1.165, 1.54) is 0 Å². The zero-order valence-electron chi connectivity index (χ0n) is 6.58. The van der Waals surface area contributed by atoms with Crippen LogP contribution in [0.15, 0.2) is 22.8 Å². The zero-order chi connectivity index (χ0) is 8.72. The predicted octanol–water partition coefficient (Wildman–Crippen LogP) is 1.92. The molecule has 3 nitrogen and oxygen atoms in total. The van der Waals surface area contributed by atoms with Gasteiger partial charge in [-0.3, -0.25) is 4.68 Å². The molecule has 12 heavy (non-hydrogen) atoms. The Hall–Kier alpha value is -1.03. The van der Waals surface area contributed by atoms with E-state index in [1.807, 2.05) is 25.4 Å². The summed E-state index contributed by atoms with van der Waals surface area (Å²) in [6.45, 7) is 0. The van der Waals surface area contributed by atoms with E-state index >= 15 is 0 Å². The molecule has 1 aromatic heterocycles. The molecule has 2 aromatic rings. The van der Waals surface area contributed by atoms with Gasteiger partial charge in [0.2, 0.25) is 0 Å². The van der Waals surface area contributed by atoms with E-state index in [9.17, 15) is 0 Å². The molecule has 2 N–H and O–H groups in total. The van der Waals surface area contributed by atoms with Crippen LogP contribution in [0.25, 0.3) is 10.9 Å². The van der Waals surface area contributed by atoms with E-state index in [0.717, 1.165) is 15.4 Å². The second kappa shape index (κ2) is 2.48. The van der Waals surface area contributed by atoms with Gasteiger partial charge >= 0.3 is 0 Å². The van der Waals surface area contributed by atoms with Gasteiger partial charge in [-0.25, -0.2) is 0 Å². The monoisotopic (exact) mass is 225 g/mol. The average molecular weight is 226 g/mol. The third kappa shape index (κ3) is 0.992. The number of nitrogens with zero attached hydrogens (tertiary/aromatic N) is 2. The van der Waals surface area contributed by atoms with E-state index in [2.05, 4.69) is 21.0 Å². The molecular formula is C8H8BrN3. The Balaban J connectivity index is 2.93. The lowest BCUT2D eigenvalue weighted by Crippen LogP contribution is -1.88. The Kier molecular flexibility index (Phi) is 1.58. The van der Waals surface area contributed by atoms with Crippen molar-refractivity contribution in [1.29, 1.82) is 0 Å². The summed E-state index contributed by atoms with van der Waals surface area (Å²) in [5.74, 6) is 0. The number of fused-ring (bicyclic) bond motifs is 1. The Labute approximate surface area is 78.3 Å². The molecule has 0 aliphatic rings. The van der Waals surface area contributed by atoms with Crippen molar-refractivity contribution in [1.82, 2.24) is 9.78 Å². The van der Waals surface area contributed by atoms with Crippen LogP contribution in [0, 0.1) is 0 Å². The van der Waals surface area contributed by atoms with Gasteiger partial charge in [-0.05, 0) is 12.1 Å². The number of anilines is 1. The Morgan fingerprint density at radius 2 is 2.25 bits per heavy atom. The number of hydrogen-bond acceptors (Lipinski definition) is 2. The van der Waals surface area contributed by atoms with Crippen molar-refractivity contribution in [3.8, 4) is 0 Å². The summed E-state index contributed by atoms with van der Waals surface area (Å²) < 4.78 is 2.78. The summed E-state index contributed by atoms with van der Waals surface area (Å²) >= 11 is 3.44. The first-order chi connectivity index (χ1) is 5.68. The number of nitrogen functional groups attached to an aromatic ring is 1. The fourth-order valence-electron chi connectivity index (χ4n) is 1.21. The number of benzene rings is 1. The molecule has 0 fully saturated rings. The smallest absolute Gasteiger partial charge is 0.116 e. The van der Waals surface area contributed by atoms with Gasteiger partial charge in [-0.2, -0.15) is 5.10 Å². The topological polar surface area (TPSA) is 43.8 Å². The van der Waals surface area contributed by atoms with Crippen LogP contribution >= 0.6 is 15.9 Å². The highest BCUT2D eigenvalue weighted by molar-refractivity contribution is 9.10. The van der Waals surface area contributed by atoms with E-state index < -0.39 is 0 Å². The second-order valence-corrected chi connectivity index (χ2v) is 3.56. The summed E-state index contributed by atoms with van der Waals surface area (Å²) in [4.78, 5) is 0. The Bertz CT molecular complexity index is 394. The van der Waals surface area contributed by atoms with Gasteiger partial charge in [-0.15, -0.1) is 0 Å². The average Bonchev–Trinajstić information content (AvgIpc) is 2.41. The summed E-state index contributed by atoms with van der Waals surface area (Å²) in [5.41, 5.74) is 7.31. The highest BCUT2D eigenvalue weighted by Gasteiger charge is 2.04. The van der Waals surface area contributed by atoms with Gasteiger partial charge < -0.3 is 5.73 Å². The molecule has 62 valence electrons. The van der Waals surface area contributed by atoms with Gasteiger partial charge in [-0.1, -0.05) is 15.9 Å². The first-order valence-corrected chi connectivity index (χ1v) is 4.35. The maximum Gasteiger partial charge on any atom is 0.116 e. The summed E-state index contributed by atoms with van der Waals surface area (Å²) in [5, 5.41) is 5.29. The minimum absolute atomic E-state index is 0.716. The minimum atomic E-state index is 0.716. The molecule has 0 spiro atoms. The highest BCUT2D eigenvalue weighted by atomic mass is 79.9. The summed E-state index contributed by atoms with van der Waals surface area (Å²) in [6.07, 6.45) is 1.94. The lowest BCUT2D eigenvalue weighted by molar-refractivity contribution is 0.780. The van der Waals surface area contributed by atoms with Crippen molar-refractivity contribution in [2.45, 2.75) is 0 Å².